The highest BCUT2D eigenvalue weighted by Crippen LogP contribution is 2.25. The number of carbonyl (C=O) groups excluding carboxylic acids is 1. The lowest BCUT2D eigenvalue weighted by molar-refractivity contribution is -0.141. The third kappa shape index (κ3) is 2.38. The van der Waals surface area contributed by atoms with Crippen molar-refractivity contribution in [3.63, 3.8) is 0 Å². The first-order valence-electron chi connectivity index (χ1n) is 6.51. The molecule has 1 fully saturated rings. The lowest BCUT2D eigenvalue weighted by Gasteiger charge is -2.41. The summed E-state index contributed by atoms with van der Waals surface area (Å²) in [6.45, 7) is 4.47. The van der Waals surface area contributed by atoms with Crippen molar-refractivity contribution < 1.29 is 4.79 Å². The highest BCUT2D eigenvalue weighted by molar-refractivity contribution is 5.80. The normalized spacial score (nSPS) is 26.1. The van der Waals surface area contributed by atoms with Crippen LogP contribution in [0.5, 0.6) is 0 Å². The molecule has 1 saturated heterocycles. The molecular formula is C12H21N5O. The molecule has 0 aliphatic carbocycles. The van der Waals surface area contributed by atoms with E-state index in [4.69, 9.17) is 5.73 Å². The maximum atomic E-state index is 12.6. The highest BCUT2D eigenvalue weighted by Gasteiger charge is 2.33. The van der Waals surface area contributed by atoms with E-state index >= 15 is 0 Å². The molecule has 0 radical (unpaired) electrons. The molecule has 18 heavy (non-hydrogen) atoms. The number of piperidine rings is 1. The van der Waals surface area contributed by atoms with Crippen LogP contribution in [0, 0.1) is 0 Å². The van der Waals surface area contributed by atoms with Crippen LogP contribution in [0.2, 0.25) is 0 Å². The van der Waals surface area contributed by atoms with Gasteiger partial charge in [-0.25, -0.2) is 9.67 Å². The summed E-state index contributed by atoms with van der Waals surface area (Å²) in [6.07, 6.45) is 6.21. The second-order valence-corrected chi connectivity index (χ2v) is 4.97. The van der Waals surface area contributed by atoms with E-state index in [1.54, 1.807) is 11.0 Å². The van der Waals surface area contributed by atoms with Crippen molar-refractivity contribution >= 4 is 5.91 Å². The molecule has 2 rings (SSSR count). The first-order valence-corrected chi connectivity index (χ1v) is 6.51. The van der Waals surface area contributed by atoms with E-state index in [9.17, 15) is 4.79 Å². The van der Waals surface area contributed by atoms with Gasteiger partial charge in [-0.15, -0.1) is 0 Å². The van der Waals surface area contributed by atoms with E-state index in [-0.39, 0.29) is 24.0 Å². The molecular weight excluding hydrogens is 230 g/mol. The molecule has 0 spiro atoms. The summed E-state index contributed by atoms with van der Waals surface area (Å²) in [5.74, 6) is 0.0863. The predicted octanol–water partition coefficient (Wildman–Crippen LogP) is 0.567. The van der Waals surface area contributed by atoms with Crippen LogP contribution < -0.4 is 5.73 Å². The van der Waals surface area contributed by atoms with Crippen molar-refractivity contribution in [3.05, 3.63) is 12.7 Å². The fourth-order valence-electron chi connectivity index (χ4n) is 2.66. The number of hydrogen-bond donors (Lipinski definition) is 1. The number of nitrogens with zero attached hydrogens (tertiary/aromatic N) is 4. The van der Waals surface area contributed by atoms with Gasteiger partial charge in [0.05, 0.1) is 0 Å². The third-order valence-electron chi connectivity index (χ3n) is 3.74. The van der Waals surface area contributed by atoms with Crippen molar-refractivity contribution in [1.82, 2.24) is 19.7 Å². The molecule has 6 heteroatoms. The van der Waals surface area contributed by atoms with Crippen LogP contribution in [0.1, 0.15) is 39.2 Å². The summed E-state index contributed by atoms with van der Waals surface area (Å²) in [7, 11) is 0. The average Bonchev–Trinajstić information content (AvgIpc) is 2.90. The Morgan fingerprint density at radius 2 is 2.33 bits per heavy atom. The maximum absolute atomic E-state index is 12.6. The molecule has 1 amide bonds. The Bertz CT molecular complexity index is 391. The Morgan fingerprint density at radius 1 is 1.56 bits per heavy atom. The van der Waals surface area contributed by atoms with Crippen LogP contribution in [0.3, 0.4) is 0 Å². The fraction of sp³-hybridized carbons (Fsp3) is 0.750. The first kappa shape index (κ1) is 13.0. The Kier molecular flexibility index (Phi) is 3.96. The van der Waals surface area contributed by atoms with Gasteiger partial charge in [0.2, 0.25) is 5.91 Å². The number of rotatable bonds is 3. The Labute approximate surface area is 107 Å². The molecule has 1 aromatic rings. The molecule has 0 aromatic carbocycles. The van der Waals surface area contributed by atoms with Gasteiger partial charge in [-0.1, -0.05) is 0 Å². The van der Waals surface area contributed by atoms with Crippen molar-refractivity contribution in [2.24, 2.45) is 5.73 Å². The van der Waals surface area contributed by atoms with Crippen molar-refractivity contribution in [2.45, 2.75) is 51.2 Å². The molecule has 3 unspecified atom stereocenters. The number of likely N-dealkylation sites (tertiary alicyclic amines) is 1. The number of amides is 1. The number of hydrogen-bond acceptors (Lipinski definition) is 4. The summed E-state index contributed by atoms with van der Waals surface area (Å²) in [4.78, 5) is 18.4. The van der Waals surface area contributed by atoms with E-state index in [1.807, 2.05) is 11.8 Å². The molecule has 0 bridgehead atoms. The van der Waals surface area contributed by atoms with Gasteiger partial charge in [-0.2, -0.15) is 5.10 Å². The van der Waals surface area contributed by atoms with Gasteiger partial charge in [0.1, 0.15) is 18.7 Å². The largest absolute Gasteiger partial charge is 0.334 e. The quantitative estimate of drug-likeness (QED) is 0.852. The zero-order chi connectivity index (χ0) is 13.1. The summed E-state index contributed by atoms with van der Waals surface area (Å²) in [5, 5.41) is 4.03. The monoisotopic (exact) mass is 251 g/mol. The first-order chi connectivity index (χ1) is 8.65. The topological polar surface area (TPSA) is 77.0 Å². The minimum absolute atomic E-state index is 0.0863. The zero-order valence-electron chi connectivity index (χ0n) is 11.0. The van der Waals surface area contributed by atoms with E-state index in [2.05, 4.69) is 17.0 Å². The van der Waals surface area contributed by atoms with Crippen molar-refractivity contribution in [3.8, 4) is 0 Å². The summed E-state index contributed by atoms with van der Waals surface area (Å²) < 4.78 is 1.59. The standard InChI is InChI=1S/C12H21N5O/c1-9-4-3-5-11(6-13)17(9)12(18)10(2)16-8-14-7-15-16/h7-11H,3-6,13H2,1-2H3. The molecule has 100 valence electrons. The van der Waals surface area contributed by atoms with Gasteiger partial charge in [0.15, 0.2) is 0 Å². The fourth-order valence-corrected chi connectivity index (χ4v) is 2.66. The van der Waals surface area contributed by atoms with Gasteiger partial charge in [-0.3, -0.25) is 4.79 Å². The molecule has 1 aliphatic heterocycles. The zero-order valence-corrected chi connectivity index (χ0v) is 11.0. The SMILES string of the molecule is CC1CCCC(CN)N1C(=O)C(C)n1cncn1. The van der Waals surface area contributed by atoms with Gasteiger partial charge < -0.3 is 10.6 Å². The number of nitrogens with two attached hydrogens (primary N) is 1. The van der Waals surface area contributed by atoms with E-state index < -0.39 is 0 Å². The highest BCUT2D eigenvalue weighted by atomic mass is 16.2. The van der Waals surface area contributed by atoms with Crippen LogP contribution in [-0.4, -0.2) is 44.2 Å². The summed E-state index contributed by atoms with van der Waals surface area (Å²) in [5.41, 5.74) is 5.78. The van der Waals surface area contributed by atoms with Crippen molar-refractivity contribution in [1.29, 1.82) is 0 Å². The smallest absolute Gasteiger partial charge is 0.247 e. The Hall–Kier alpha value is -1.43. The van der Waals surface area contributed by atoms with E-state index in [0.29, 0.717) is 6.54 Å². The molecule has 2 N–H and O–H groups in total. The van der Waals surface area contributed by atoms with E-state index in [0.717, 1.165) is 19.3 Å². The second kappa shape index (κ2) is 5.48. The van der Waals surface area contributed by atoms with Crippen LogP contribution in [-0.2, 0) is 4.79 Å². The minimum atomic E-state index is -0.318. The minimum Gasteiger partial charge on any atom is -0.334 e. The number of aromatic nitrogens is 3. The molecule has 6 nitrogen and oxygen atoms in total. The van der Waals surface area contributed by atoms with Gasteiger partial charge in [-0.05, 0) is 33.1 Å². The van der Waals surface area contributed by atoms with Crippen LogP contribution in [0.25, 0.3) is 0 Å². The molecule has 3 atom stereocenters. The van der Waals surface area contributed by atoms with Crippen molar-refractivity contribution in [2.75, 3.05) is 6.54 Å². The third-order valence-corrected chi connectivity index (χ3v) is 3.74. The lowest BCUT2D eigenvalue weighted by Crippen LogP contribution is -2.53. The second-order valence-electron chi connectivity index (χ2n) is 4.97. The van der Waals surface area contributed by atoms with E-state index in [1.165, 1.54) is 6.33 Å². The van der Waals surface area contributed by atoms with Gasteiger partial charge in [0, 0.05) is 18.6 Å². The lowest BCUT2D eigenvalue weighted by atomic mass is 9.95. The molecule has 1 aromatic heterocycles. The van der Waals surface area contributed by atoms with Gasteiger partial charge in [0.25, 0.3) is 0 Å². The summed E-state index contributed by atoms with van der Waals surface area (Å²) >= 11 is 0. The molecule has 1 aliphatic rings. The molecule has 0 saturated carbocycles. The Morgan fingerprint density at radius 3 is 2.94 bits per heavy atom. The summed E-state index contributed by atoms with van der Waals surface area (Å²) in [6, 6.07) is 0.0973. The van der Waals surface area contributed by atoms with Crippen LogP contribution in [0.15, 0.2) is 12.7 Å². The number of carbonyl (C=O) groups is 1. The maximum Gasteiger partial charge on any atom is 0.247 e. The van der Waals surface area contributed by atoms with Crippen LogP contribution >= 0.6 is 0 Å². The average molecular weight is 251 g/mol. The molecule has 2 heterocycles. The van der Waals surface area contributed by atoms with Gasteiger partial charge >= 0.3 is 0 Å². The predicted molar refractivity (Wildman–Crippen MR) is 67.7 cm³/mol. The van der Waals surface area contributed by atoms with Crippen LogP contribution in [0.4, 0.5) is 0 Å². The Balaban J connectivity index is 2.15.